The molecular formula is C15H14FN3O2. The first-order valence-electron chi connectivity index (χ1n) is 6.15. The maximum atomic E-state index is 13.4. The van der Waals surface area contributed by atoms with Gasteiger partial charge in [0.25, 0.3) is 0 Å². The van der Waals surface area contributed by atoms with Gasteiger partial charge >= 0.3 is 0 Å². The van der Waals surface area contributed by atoms with Crippen molar-refractivity contribution in [3.63, 3.8) is 0 Å². The summed E-state index contributed by atoms with van der Waals surface area (Å²) in [7, 11) is 1.41. The van der Waals surface area contributed by atoms with Crippen molar-refractivity contribution < 1.29 is 13.9 Å². The molecule has 0 bridgehead atoms. The molecule has 5 nitrogen and oxygen atoms in total. The number of allylic oxidation sites excluding steroid dienone is 1. The molecule has 21 heavy (non-hydrogen) atoms. The van der Waals surface area contributed by atoms with Crippen LogP contribution in [0.25, 0.3) is 6.08 Å². The van der Waals surface area contributed by atoms with Gasteiger partial charge < -0.3 is 10.5 Å². The predicted molar refractivity (Wildman–Crippen MR) is 76.3 cm³/mol. The number of ether oxygens (including phenoxy) is 1. The molecule has 0 fully saturated rings. The van der Waals surface area contributed by atoms with E-state index in [0.29, 0.717) is 11.4 Å². The third kappa shape index (κ3) is 3.22. The molecule has 0 aliphatic heterocycles. The van der Waals surface area contributed by atoms with Crippen LogP contribution in [-0.4, -0.2) is 22.9 Å². The number of benzene rings is 1. The van der Waals surface area contributed by atoms with Gasteiger partial charge in [0.15, 0.2) is 0 Å². The fourth-order valence-corrected chi connectivity index (χ4v) is 1.85. The molecular weight excluding hydrogens is 273 g/mol. The zero-order valence-electron chi connectivity index (χ0n) is 11.6. The number of nitrogens with zero attached hydrogens (tertiary/aromatic N) is 2. The van der Waals surface area contributed by atoms with Gasteiger partial charge in [-0.3, -0.25) is 4.79 Å². The van der Waals surface area contributed by atoms with E-state index in [9.17, 15) is 9.18 Å². The van der Waals surface area contributed by atoms with E-state index >= 15 is 0 Å². The van der Waals surface area contributed by atoms with Gasteiger partial charge in [-0.25, -0.2) is 14.4 Å². The van der Waals surface area contributed by atoms with Gasteiger partial charge in [-0.05, 0) is 31.2 Å². The molecule has 6 heteroatoms. The normalized spacial score (nSPS) is 11.3. The quantitative estimate of drug-likeness (QED) is 0.872. The molecule has 0 saturated heterocycles. The maximum Gasteiger partial charge on any atom is 0.200 e. The molecule has 0 spiro atoms. The lowest BCUT2D eigenvalue weighted by molar-refractivity contribution is 0.103. The average molecular weight is 287 g/mol. The Labute approximate surface area is 121 Å². The van der Waals surface area contributed by atoms with Gasteiger partial charge in [0.05, 0.1) is 23.9 Å². The molecule has 2 N–H and O–H groups in total. The molecule has 0 aliphatic rings. The molecule has 2 rings (SSSR count). The Morgan fingerprint density at radius 3 is 2.81 bits per heavy atom. The summed E-state index contributed by atoms with van der Waals surface area (Å²) in [6.45, 7) is 1.68. The van der Waals surface area contributed by atoms with Gasteiger partial charge in [-0.2, -0.15) is 0 Å². The second-order valence-corrected chi connectivity index (χ2v) is 4.38. The molecule has 2 aromatic rings. The lowest BCUT2D eigenvalue weighted by atomic mass is 10.0. The van der Waals surface area contributed by atoms with Crippen LogP contribution in [0.5, 0.6) is 5.75 Å². The number of aromatic nitrogens is 2. The average Bonchev–Trinajstić information content (AvgIpc) is 2.46. The lowest BCUT2D eigenvalue weighted by Gasteiger charge is -2.09. The van der Waals surface area contributed by atoms with E-state index in [0.717, 1.165) is 6.07 Å². The molecule has 0 aliphatic carbocycles. The monoisotopic (exact) mass is 287 g/mol. The summed E-state index contributed by atoms with van der Waals surface area (Å²) in [5, 5.41) is 0. The van der Waals surface area contributed by atoms with Crippen LogP contribution in [0.2, 0.25) is 0 Å². The van der Waals surface area contributed by atoms with Crippen LogP contribution in [0.15, 0.2) is 36.4 Å². The van der Waals surface area contributed by atoms with Crippen LogP contribution in [-0.2, 0) is 0 Å². The number of rotatable bonds is 4. The van der Waals surface area contributed by atoms with Crippen molar-refractivity contribution in [2.24, 2.45) is 5.73 Å². The summed E-state index contributed by atoms with van der Waals surface area (Å²) in [6.07, 6.45) is 4.24. The number of carbonyl (C=O) groups is 1. The van der Waals surface area contributed by atoms with Crippen molar-refractivity contribution in [2.45, 2.75) is 6.92 Å². The summed E-state index contributed by atoms with van der Waals surface area (Å²) in [5.74, 6) is -0.674. The van der Waals surface area contributed by atoms with Gasteiger partial charge in [0, 0.05) is 11.9 Å². The second-order valence-electron chi connectivity index (χ2n) is 4.38. The van der Waals surface area contributed by atoms with Crippen molar-refractivity contribution in [1.82, 2.24) is 9.97 Å². The van der Waals surface area contributed by atoms with Crippen molar-refractivity contribution in [2.75, 3.05) is 7.11 Å². The SMILES string of the molecule is COc1ccc(F)cc1C(=O)c1cncnc1C=C(C)N. The summed E-state index contributed by atoms with van der Waals surface area (Å²) >= 11 is 0. The summed E-state index contributed by atoms with van der Waals surface area (Å²) < 4.78 is 18.5. The van der Waals surface area contributed by atoms with Crippen LogP contribution < -0.4 is 10.5 Å². The maximum absolute atomic E-state index is 13.4. The molecule has 0 unspecified atom stereocenters. The third-order valence-corrected chi connectivity index (χ3v) is 2.76. The van der Waals surface area contributed by atoms with Gasteiger partial charge in [-0.15, -0.1) is 0 Å². The number of nitrogens with two attached hydrogens (primary N) is 1. The Morgan fingerprint density at radius 1 is 1.38 bits per heavy atom. The summed E-state index contributed by atoms with van der Waals surface area (Å²) in [4.78, 5) is 20.4. The Balaban J connectivity index is 2.56. The third-order valence-electron chi connectivity index (χ3n) is 2.76. The highest BCUT2D eigenvalue weighted by molar-refractivity contribution is 6.12. The lowest BCUT2D eigenvalue weighted by Crippen LogP contribution is -2.08. The number of carbonyl (C=O) groups excluding carboxylic acids is 1. The summed E-state index contributed by atoms with van der Waals surface area (Å²) in [5.41, 5.74) is 6.82. The minimum Gasteiger partial charge on any atom is -0.496 e. The fourth-order valence-electron chi connectivity index (χ4n) is 1.85. The Bertz CT molecular complexity index is 710. The number of halogens is 1. The fraction of sp³-hybridized carbons (Fsp3) is 0.133. The largest absolute Gasteiger partial charge is 0.496 e. The van der Waals surface area contributed by atoms with Crippen LogP contribution in [0.1, 0.15) is 28.5 Å². The van der Waals surface area contributed by atoms with Gasteiger partial charge in [-0.1, -0.05) is 0 Å². The number of methoxy groups -OCH3 is 1. The number of hydrogen-bond donors (Lipinski definition) is 1. The van der Waals surface area contributed by atoms with Crippen LogP contribution >= 0.6 is 0 Å². The van der Waals surface area contributed by atoms with Crippen molar-refractivity contribution in [1.29, 1.82) is 0 Å². The van der Waals surface area contributed by atoms with E-state index in [-0.39, 0.29) is 16.9 Å². The Hall–Kier alpha value is -2.76. The molecule has 108 valence electrons. The Kier molecular flexibility index (Phi) is 4.27. The van der Waals surface area contributed by atoms with E-state index in [1.54, 1.807) is 13.0 Å². The van der Waals surface area contributed by atoms with E-state index in [1.165, 1.54) is 31.8 Å². The molecule has 1 aromatic carbocycles. The van der Waals surface area contributed by atoms with E-state index in [2.05, 4.69) is 9.97 Å². The van der Waals surface area contributed by atoms with E-state index in [1.807, 2.05) is 0 Å². The van der Waals surface area contributed by atoms with Crippen molar-refractivity contribution in [3.8, 4) is 5.75 Å². The molecule has 0 amide bonds. The van der Waals surface area contributed by atoms with E-state index < -0.39 is 11.6 Å². The van der Waals surface area contributed by atoms with Crippen molar-refractivity contribution in [3.05, 3.63) is 59.1 Å². The minimum absolute atomic E-state index is 0.108. The molecule has 0 saturated carbocycles. The Morgan fingerprint density at radius 2 is 2.14 bits per heavy atom. The number of hydrogen-bond acceptors (Lipinski definition) is 5. The molecule has 1 heterocycles. The predicted octanol–water partition coefficient (Wildman–Crippen LogP) is 2.17. The van der Waals surface area contributed by atoms with Gasteiger partial charge in [0.1, 0.15) is 17.9 Å². The van der Waals surface area contributed by atoms with Crippen LogP contribution in [0.3, 0.4) is 0 Å². The highest BCUT2D eigenvalue weighted by Crippen LogP contribution is 2.23. The van der Waals surface area contributed by atoms with Gasteiger partial charge in [0.2, 0.25) is 5.78 Å². The zero-order valence-corrected chi connectivity index (χ0v) is 11.6. The first-order chi connectivity index (χ1) is 10.0. The van der Waals surface area contributed by atoms with Crippen molar-refractivity contribution >= 4 is 11.9 Å². The highest BCUT2D eigenvalue weighted by Gasteiger charge is 2.19. The van der Waals surface area contributed by atoms with Crippen LogP contribution in [0.4, 0.5) is 4.39 Å². The molecule has 0 radical (unpaired) electrons. The molecule has 0 atom stereocenters. The minimum atomic E-state index is -0.525. The second kappa shape index (κ2) is 6.13. The first kappa shape index (κ1) is 14.6. The number of ketones is 1. The zero-order chi connectivity index (χ0) is 15.4. The summed E-state index contributed by atoms with van der Waals surface area (Å²) in [6, 6.07) is 3.75. The first-order valence-corrected chi connectivity index (χ1v) is 6.15. The van der Waals surface area contributed by atoms with Crippen LogP contribution in [0, 0.1) is 5.82 Å². The molecule has 1 aromatic heterocycles. The standard InChI is InChI=1S/C15H14FN3O2/c1-9(17)5-13-12(7-18-8-19-13)15(20)11-6-10(16)3-4-14(11)21-2/h3-8H,17H2,1-2H3. The van der Waals surface area contributed by atoms with E-state index in [4.69, 9.17) is 10.5 Å². The topological polar surface area (TPSA) is 78.1 Å². The highest BCUT2D eigenvalue weighted by atomic mass is 19.1. The smallest absolute Gasteiger partial charge is 0.200 e.